The van der Waals surface area contributed by atoms with Gasteiger partial charge in [-0.25, -0.2) is 4.98 Å². The Morgan fingerprint density at radius 1 is 1.29 bits per heavy atom. The number of amides is 1. The predicted octanol–water partition coefficient (Wildman–Crippen LogP) is 3.05. The van der Waals surface area contributed by atoms with Gasteiger partial charge in [-0.2, -0.15) is 0 Å². The molecule has 3 rings (SSSR count). The standard InChI is InChI=1S/C19H25N3O2/c1-14-2-5-16(6-3-14)19-22-17(13-24-19)12-21-18(23)7-4-15-8-10-20-11-9-15/h2-3,5-6,13,15,20H,4,7-12H2,1H3,(H,21,23). The molecule has 2 N–H and O–H groups in total. The summed E-state index contributed by atoms with van der Waals surface area (Å²) in [5.41, 5.74) is 2.90. The van der Waals surface area contributed by atoms with Gasteiger partial charge < -0.3 is 15.1 Å². The summed E-state index contributed by atoms with van der Waals surface area (Å²) in [4.78, 5) is 16.4. The van der Waals surface area contributed by atoms with Crippen molar-refractivity contribution in [1.82, 2.24) is 15.6 Å². The second kappa shape index (κ2) is 8.11. The van der Waals surface area contributed by atoms with E-state index in [4.69, 9.17) is 4.42 Å². The van der Waals surface area contributed by atoms with Crippen LogP contribution < -0.4 is 10.6 Å². The molecule has 2 heterocycles. The molecule has 0 bridgehead atoms. The second-order valence-corrected chi connectivity index (χ2v) is 6.52. The minimum absolute atomic E-state index is 0.0911. The molecule has 2 aromatic rings. The first kappa shape index (κ1) is 16.7. The summed E-state index contributed by atoms with van der Waals surface area (Å²) < 4.78 is 5.51. The second-order valence-electron chi connectivity index (χ2n) is 6.52. The molecular weight excluding hydrogens is 302 g/mol. The Hall–Kier alpha value is -2.14. The van der Waals surface area contributed by atoms with E-state index in [1.807, 2.05) is 31.2 Å². The molecule has 5 heteroatoms. The molecule has 0 aliphatic carbocycles. The van der Waals surface area contributed by atoms with Gasteiger partial charge in [0.05, 0.1) is 12.2 Å². The van der Waals surface area contributed by atoms with Crippen molar-refractivity contribution in [3.05, 3.63) is 41.8 Å². The highest BCUT2D eigenvalue weighted by atomic mass is 16.3. The van der Waals surface area contributed by atoms with Crippen LogP contribution in [0.1, 0.15) is 36.9 Å². The lowest BCUT2D eigenvalue weighted by Crippen LogP contribution is -2.29. The van der Waals surface area contributed by atoms with Gasteiger partial charge in [0.25, 0.3) is 0 Å². The summed E-state index contributed by atoms with van der Waals surface area (Å²) in [7, 11) is 0. The van der Waals surface area contributed by atoms with Crippen molar-refractivity contribution in [3.63, 3.8) is 0 Å². The maximum atomic E-state index is 12.0. The molecule has 0 unspecified atom stereocenters. The van der Waals surface area contributed by atoms with Crippen LogP contribution in [0.15, 0.2) is 34.9 Å². The fraction of sp³-hybridized carbons (Fsp3) is 0.474. The van der Waals surface area contributed by atoms with E-state index in [9.17, 15) is 4.79 Å². The number of nitrogens with one attached hydrogen (secondary N) is 2. The highest BCUT2D eigenvalue weighted by Crippen LogP contribution is 2.19. The van der Waals surface area contributed by atoms with Crippen LogP contribution in [0, 0.1) is 12.8 Å². The average Bonchev–Trinajstić information content (AvgIpc) is 3.09. The van der Waals surface area contributed by atoms with Crippen LogP contribution in [0.4, 0.5) is 0 Å². The van der Waals surface area contributed by atoms with E-state index in [-0.39, 0.29) is 5.91 Å². The van der Waals surface area contributed by atoms with Gasteiger partial charge in [-0.15, -0.1) is 0 Å². The van der Waals surface area contributed by atoms with Crippen LogP contribution >= 0.6 is 0 Å². The zero-order valence-corrected chi connectivity index (χ0v) is 14.2. The van der Waals surface area contributed by atoms with Crippen LogP contribution in [-0.4, -0.2) is 24.0 Å². The zero-order valence-electron chi connectivity index (χ0n) is 14.2. The van der Waals surface area contributed by atoms with E-state index in [0.29, 0.717) is 24.8 Å². The van der Waals surface area contributed by atoms with Gasteiger partial charge in [-0.1, -0.05) is 17.7 Å². The lowest BCUT2D eigenvalue weighted by molar-refractivity contribution is -0.121. The van der Waals surface area contributed by atoms with Crippen molar-refractivity contribution in [2.75, 3.05) is 13.1 Å². The molecule has 0 saturated carbocycles. The van der Waals surface area contributed by atoms with Crippen molar-refractivity contribution in [2.24, 2.45) is 5.92 Å². The van der Waals surface area contributed by atoms with Gasteiger partial charge in [-0.3, -0.25) is 4.79 Å². The number of hydrogen-bond donors (Lipinski definition) is 2. The number of carbonyl (C=O) groups excluding carboxylic acids is 1. The van der Waals surface area contributed by atoms with E-state index in [0.717, 1.165) is 30.8 Å². The van der Waals surface area contributed by atoms with Gasteiger partial charge in [0, 0.05) is 12.0 Å². The lowest BCUT2D eigenvalue weighted by atomic mass is 9.93. The first-order chi connectivity index (χ1) is 11.7. The molecule has 1 amide bonds. The summed E-state index contributed by atoms with van der Waals surface area (Å²) in [5.74, 6) is 1.36. The van der Waals surface area contributed by atoms with Gasteiger partial charge in [0.1, 0.15) is 6.26 Å². The summed E-state index contributed by atoms with van der Waals surface area (Å²) in [6.45, 7) is 4.62. The normalized spacial score (nSPS) is 15.4. The Balaban J connectivity index is 1.44. The Bertz CT molecular complexity index is 658. The minimum Gasteiger partial charge on any atom is -0.444 e. The highest BCUT2D eigenvalue weighted by molar-refractivity contribution is 5.75. The van der Waals surface area contributed by atoms with Crippen LogP contribution in [-0.2, 0) is 11.3 Å². The summed E-state index contributed by atoms with van der Waals surface area (Å²) in [6.07, 6.45) is 5.53. The molecule has 5 nitrogen and oxygen atoms in total. The monoisotopic (exact) mass is 327 g/mol. The summed E-state index contributed by atoms with van der Waals surface area (Å²) in [5, 5.41) is 6.28. The van der Waals surface area contributed by atoms with E-state index in [2.05, 4.69) is 15.6 Å². The molecule has 0 radical (unpaired) electrons. The molecule has 1 aromatic heterocycles. The smallest absolute Gasteiger partial charge is 0.226 e. The highest BCUT2D eigenvalue weighted by Gasteiger charge is 2.14. The van der Waals surface area contributed by atoms with E-state index in [1.54, 1.807) is 6.26 Å². The Kier molecular flexibility index (Phi) is 5.64. The quantitative estimate of drug-likeness (QED) is 0.856. The third-order valence-corrected chi connectivity index (χ3v) is 4.56. The van der Waals surface area contributed by atoms with Crippen LogP contribution in [0.3, 0.4) is 0 Å². The molecule has 1 aliphatic rings. The number of aromatic nitrogens is 1. The largest absolute Gasteiger partial charge is 0.444 e. The molecule has 1 fully saturated rings. The van der Waals surface area contributed by atoms with Gasteiger partial charge in [0.15, 0.2) is 0 Å². The maximum Gasteiger partial charge on any atom is 0.226 e. The van der Waals surface area contributed by atoms with Crippen molar-refractivity contribution < 1.29 is 9.21 Å². The molecule has 1 saturated heterocycles. The van der Waals surface area contributed by atoms with Gasteiger partial charge in [0.2, 0.25) is 11.8 Å². The third-order valence-electron chi connectivity index (χ3n) is 4.56. The SMILES string of the molecule is Cc1ccc(-c2nc(CNC(=O)CCC3CCNCC3)co2)cc1. The third kappa shape index (κ3) is 4.68. The van der Waals surface area contributed by atoms with Crippen molar-refractivity contribution in [3.8, 4) is 11.5 Å². The summed E-state index contributed by atoms with van der Waals surface area (Å²) in [6, 6.07) is 8.04. The number of hydrogen-bond acceptors (Lipinski definition) is 4. The number of aryl methyl sites for hydroxylation is 1. The fourth-order valence-corrected chi connectivity index (χ4v) is 3.00. The van der Waals surface area contributed by atoms with Gasteiger partial charge >= 0.3 is 0 Å². The van der Waals surface area contributed by atoms with Crippen LogP contribution in [0.5, 0.6) is 0 Å². The first-order valence-corrected chi connectivity index (χ1v) is 8.69. The Morgan fingerprint density at radius 2 is 2.04 bits per heavy atom. The van der Waals surface area contributed by atoms with Crippen molar-refractivity contribution in [1.29, 1.82) is 0 Å². The molecular formula is C19H25N3O2. The summed E-state index contributed by atoms with van der Waals surface area (Å²) >= 11 is 0. The molecule has 128 valence electrons. The van der Waals surface area contributed by atoms with E-state index >= 15 is 0 Å². The number of rotatable bonds is 6. The molecule has 0 spiro atoms. The van der Waals surface area contributed by atoms with E-state index < -0.39 is 0 Å². The molecule has 1 aliphatic heterocycles. The average molecular weight is 327 g/mol. The number of oxazole rings is 1. The number of nitrogens with zero attached hydrogens (tertiary/aromatic N) is 1. The topological polar surface area (TPSA) is 67.2 Å². The number of piperidine rings is 1. The number of benzene rings is 1. The van der Waals surface area contributed by atoms with Crippen molar-refractivity contribution >= 4 is 5.91 Å². The van der Waals surface area contributed by atoms with Gasteiger partial charge in [-0.05, 0) is 57.3 Å². The number of carbonyl (C=O) groups is 1. The van der Waals surface area contributed by atoms with E-state index in [1.165, 1.54) is 18.4 Å². The lowest BCUT2D eigenvalue weighted by Gasteiger charge is -2.22. The van der Waals surface area contributed by atoms with Crippen molar-refractivity contribution in [2.45, 2.75) is 39.2 Å². The first-order valence-electron chi connectivity index (χ1n) is 8.69. The minimum atomic E-state index is 0.0911. The fourth-order valence-electron chi connectivity index (χ4n) is 3.00. The molecule has 24 heavy (non-hydrogen) atoms. The predicted molar refractivity (Wildman–Crippen MR) is 93.4 cm³/mol. The maximum absolute atomic E-state index is 12.0. The van der Waals surface area contributed by atoms with Crippen LogP contribution in [0.25, 0.3) is 11.5 Å². The Morgan fingerprint density at radius 3 is 2.79 bits per heavy atom. The molecule has 1 aromatic carbocycles. The molecule has 0 atom stereocenters. The Labute approximate surface area is 142 Å². The van der Waals surface area contributed by atoms with Crippen LogP contribution in [0.2, 0.25) is 0 Å². The zero-order chi connectivity index (χ0) is 16.8.